The second kappa shape index (κ2) is 8.87. The van der Waals surface area contributed by atoms with E-state index >= 15 is 0 Å². The molecule has 7 heteroatoms. The number of hydrogen-bond acceptors (Lipinski definition) is 4. The molecule has 0 saturated heterocycles. The Morgan fingerprint density at radius 3 is 2.54 bits per heavy atom. The van der Waals surface area contributed by atoms with Crippen molar-refractivity contribution in [1.82, 2.24) is 10.2 Å². The van der Waals surface area contributed by atoms with Gasteiger partial charge < -0.3 is 15.0 Å². The molecule has 2 amide bonds. The summed E-state index contributed by atoms with van der Waals surface area (Å²) in [6.07, 6.45) is -0.692. The van der Waals surface area contributed by atoms with Crippen molar-refractivity contribution in [2.45, 2.75) is 33.4 Å². The number of nitriles is 1. The lowest BCUT2D eigenvalue weighted by atomic mass is 10.0. The lowest BCUT2D eigenvalue weighted by Gasteiger charge is -2.28. The summed E-state index contributed by atoms with van der Waals surface area (Å²) in [5, 5.41) is 11.3. The molecule has 0 aliphatic rings. The summed E-state index contributed by atoms with van der Waals surface area (Å²) in [5.41, 5.74) is 0.530. The zero-order valence-corrected chi connectivity index (χ0v) is 14.3. The number of likely N-dealkylation sites (N-methyl/N-ethyl adjacent to an activating group) is 1. The Bertz CT molecular complexity index is 640. The van der Waals surface area contributed by atoms with Crippen molar-refractivity contribution in [3.63, 3.8) is 0 Å². The van der Waals surface area contributed by atoms with Gasteiger partial charge in [-0.25, -0.2) is 9.18 Å². The fraction of sp³-hybridized carbons (Fsp3) is 0.471. The SMILES string of the molecule is CCN(Cc1ccc(C#N)cc1F)C(=O)C(NC(=O)OC)C(C)C. The van der Waals surface area contributed by atoms with Crippen LogP contribution in [0.5, 0.6) is 0 Å². The van der Waals surface area contributed by atoms with Gasteiger partial charge in [-0.15, -0.1) is 0 Å². The second-order valence-electron chi connectivity index (χ2n) is 5.63. The topological polar surface area (TPSA) is 82.4 Å². The van der Waals surface area contributed by atoms with Gasteiger partial charge in [-0.2, -0.15) is 5.26 Å². The molecule has 0 aliphatic carbocycles. The van der Waals surface area contributed by atoms with Crippen molar-refractivity contribution in [2.75, 3.05) is 13.7 Å². The monoisotopic (exact) mass is 335 g/mol. The van der Waals surface area contributed by atoms with Gasteiger partial charge in [0, 0.05) is 18.7 Å². The van der Waals surface area contributed by atoms with E-state index in [2.05, 4.69) is 10.1 Å². The van der Waals surface area contributed by atoms with Crippen LogP contribution in [0.4, 0.5) is 9.18 Å². The minimum absolute atomic E-state index is 0.0545. The van der Waals surface area contributed by atoms with Crippen LogP contribution in [0.2, 0.25) is 0 Å². The summed E-state index contributed by atoms with van der Waals surface area (Å²) in [7, 11) is 1.22. The van der Waals surface area contributed by atoms with Crippen molar-refractivity contribution in [3.05, 3.63) is 35.1 Å². The molecule has 1 N–H and O–H groups in total. The summed E-state index contributed by atoms with van der Waals surface area (Å²) in [6, 6.07) is 5.23. The average Bonchev–Trinajstić information content (AvgIpc) is 2.57. The molecular formula is C17H22FN3O3. The van der Waals surface area contributed by atoms with Gasteiger partial charge in [0.1, 0.15) is 11.9 Å². The van der Waals surface area contributed by atoms with E-state index in [0.29, 0.717) is 12.1 Å². The molecule has 1 rings (SSSR count). The number of carbonyl (C=O) groups is 2. The van der Waals surface area contributed by atoms with Crippen LogP contribution in [-0.2, 0) is 16.1 Å². The molecular weight excluding hydrogens is 313 g/mol. The highest BCUT2D eigenvalue weighted by molar-refractivity contribution is 5.85. The van der Waals surface area contributed by atoms with E-state index in [4.69, 9.17) is 5.26 Å². The number of amides is 2. The lowest BCUT2D eigenvalue weighted by molar-refractivity contribution is -0.134. The molecule has 1 atom stereocenters. The van der Waals surface area contributed by atoms with Gasteiger partial charge in [0.05, 0.1) is 18.7 Å². The van der Waals surface area contributed by atoms with Gasteiger partial charge in [0.15, 0.2) is 0 Å². The quantitative estimate of drug-likeness (QED) is 0.865. The molecule has 0 spiro atoms. The van der Waals surface area contributed by atoms with Crippen molar-refractivity contribution in [1.29, 1.82) is 5.26 Å². The second-order valence-corrected chi connectivity index (χ2v) is 5.63. The molecule has 24 heavy (non-hydrogen) atoms. The van der Waals surface area contributed by atoms with E-state index in [-0.39, 0.29) is 23.9 Å². The maximum atomic E-state index is 14.0. The van der Waals surface area contributed by atoms with Crippen LogP contribution in [0.1, 0.15) is 31.9 Å². The number of alkyl carbamates (subject to hydrolysis) is 1. The lowest BCUT2D eigenvalue weighted by Crippen LogP contribution is -2.51. The van der Waals surface area contributed by atoms with Gasteiger partial charge in [-0.1, -0.05) is 19.9 Å². The summed E-state index contributed by atoms with van der Waals surface area (Å²) >= 11 is 0. The maximum absolute atomic E-state index is 14.0. The van der Waals surface area contributed by atoms with Crippen LogP contribution in [0.3, 0.4) is 0 Å². The van der Waals surface area contributed by atoms with Crippen molar-refractivity contribution in [3.8, 4) is 6.07 Å². The first-order valence-corrected chi connectivity index (χ1v) is 7.65. The molecule has 0 aromatic heterocycles. The molecule has 6 nitrogen and oxygen atoms in total. The zero-order valence-electron chi connectivity index (χ0n) is 14.3. The first kappa shape index (κ1) is 19.4. The number of nitrogens with one attached hydrogen (secondary N) is 1. The third-order valence-electron chi connectivity index (χ3n) is 3.63. The number of rotatable bonds is 6. The number of carbonyl (C=O) groups excluding carboxylic acids is 2. The summed E-state index contributed by atoms with van der Waals surface area (Å²) in [5.74, 6) is -1.01. The van der Waals surface area contributed by atoms with Crippen LogP contribution in [-0.4, -0.2) is 36.6 Å². The summed E-state index contributed by atoms with van der Waals surface area (Å²) in [4.78, 5) is 25.6. The third-order valence-corrected chi connectivity index (χ3v) is 3.63. The van der Waals surface area contributed by atoms with Crippen molar-refractivity contribution in [2.24, 2.45) is 5.92 Å². The summed E-state index contributed by atoms with van der Waals surface area (Å²) in [6.45, 7) is 5.78. The largest absolute Gasteiger partial charge is 0.453 e. The van der Waals surface area contributed by atoms with Gasteiger partial charge in [-0.05, 0) is 25.0 Å². The van der Waals surface area contributed by atoms with Gasteiger partial charge in [-0.3, -0.25) is 4.79 Å². The Morgan fingerprint density at radius 2 is 2.08 bits per heavy atom. The molecule has 1 aromatic rings. The highest BCUT2D eigenvalue weighted by Gasteiger charge is 2.28. The van der Waals surface area contributed by atoms with Gasteiger partial charge in [0.2, 0.25) is 5.91 Å². The molecule has 0 heterocycles. The zero-order chi connectivity index (χ0) is 18.3. The standard InChI is InChI=1S/C17H22FN3O3/c1-5-21(10-13-7-6-12(9-19)8-14(13)18)16(22)15(11(2)3)20-17(23)24-4/h6-8,11,15H,5,10H2,1-4H3,(H,20,23). The van der Waals surface area contributed by atoms with Crippen molar-refractivity contribution >= 4 is 12.0 Å². The van der Waals surface area contributed by atoms with E-state index in [1.165, 1.54) is 24.1 Å². The highest BCUT2D eigenvalue weighted by atomic mass is 19.1. The molecule has 1 aromatic carbocycles. The van der Waals surface area contributed by atoms with Crippen molar-refractivity contribution < 1.29 is 18.7 Å². The number of ether oxygens (including phenoxy) is 1. The minimum Gasteiger partial charge on any atom is -0.453 e. The van der Waals surface area contributed by atoms with E-state index in [1.807, 2.05) is 6.07 Å². The van der Waals surface area contributed by atoms with Crippen LogP contribution >= 0.6 is 0 Å². The van der Waals surface area contributed by atoms with Crippen LogP contribution in [0, 0.1) is 23.1 Å². The Balaban J connectivity index is 2.96. The average molecular weight is 335 g/mol. The Hall–Kier alpha value is -2.62. The smallest absolute Gasteiger partial charge is 0.407 e. The fourth-order valence-corrected chi connectivity index (χ4v) is 2.19. The van der Waals surface area contributed by atoms with Crippen LogP contribution < -0.4 is 5.32 Å². The number of hydrogen-bond donors (Lipinski definition) is 1. The number of benzene rings is 1. The molecule has 1 unspecified atom stereocenters. The Morgan fingerprint density at radius 1 is 1.42 bits per heavy atom. The normalized spacial score (nSPS) is 11.5. The summed E-state index contributed by atoms with van der Waals surface area (Å²) < 4.78 is 18.6. The van der Waals surface area contributed by atoms with E-state index in [9.17, 15) is 14.0 Å². The molecule has 130 valence electrons. The van der Waals surface area contributed by atoms with E-state index in [1.54, 1.807) is 20.8 Å². The molecule has 0 bridgehead atoms. The fourth-order valence-electron chi connectivity index (χ4n) is 2.19. The molecule has 0 saturated carbocycles. The molecule has 0 fully saturated rings. The molecule has 0 aliphatic heterocycles. The number of halogens is 1. The van der Waals surface area contributed by atoms with Crippen LogP contribution in [0.25, 0.3) is 0 Å². The van der Waals surface area contributed by atoms with E-state index < -0.39 is 18.0 Å². The predicted molar refractivity (Wildman–Crippen MR) is 86.4 cm³/mol. The maximum Gasteiger partial charge on any atom is 0.407 e. The number of methoxy groups -OCH3 is 1. The Kier molecular flexibility index (Phi) is 7.18. The first-order chi connectivity index (χ1) is 11.3. The van der Waals surface area contributed by atoms with E-state index in [0.717, 1.165) is 6.07 Å². The van der Waals surface area contributed by atoms with Gasteiger partial charge >= 0.3 is 6.09 Å². The molecule has 0 radical (unpaired) electrons. The highest BCUT2D eigenvalue weighted by Crippen LogP contribution is 2.15. The van der Waals surface area contributed by atoms with Gasteiger partial charge in [0.25, 0.3) is 0 Å². The Labute approximate surface area is 141 Å². The third kappa shape index (κ3) is 4.95. The number of nitrogens with zero attached hydrogens (tertiary/aromatic N) is 2. The minimum atomic E-state index is -0.765. The predicted octanol–water partition coefficient (Wildman–Crippen LogP) is 2.43. The van der Waals surface area contributed by atoms with Crippen LogP contribution in [0.15, 0.2) is 18.2 Å². The first-order valence-electron chi connectivity index (χ1n) is 7.65.